The minimum absolute atomic E-state index is 0.0890. The number of carboxylic acids is 1. The van der Waals surface area contributed by atoms with E-state index in [1.165, 1.54) is 6.92 Å². The fourth-order valence-corrected chi connectivity index (χ4v) is 3.34. The maximum Gasteiger partial charge on any atom is 0.326 e. The maximum atomic E-state index is 12.8. The largest absolute Gasteiger partial charge is 0.480 e. The standard InChI is InChI=1S/C20H40N8O5S/c1-12(16(29)28-15(19(32)33)6-3-4-9-21)26-18(31)14(7-5-10-25-20(23)24)27-17(30)13(22)8-11-34-2/h12-15H,3-11,21-22H2,1-2H3,(H,26,31)(H,27,30)(H,28,29)(H,32,33)(H4,23,24,25). The van der Waals surface area contributed by atoms with Crippen LogP contribution < -0.4 is 38.9 Å². The van der Waals surface area contributed by atoms with Crippen molar-refractivity contribution in [1.29, 1.82) is 0 Å². The molecule has 196 valence electrons. The van der Waals surface area contributed by atoms with Crippen LogP contribution in [0.3, 0.4) is 0 Å². The van der Waals surface area contributed by atoms with Gasteiger partial charge < -0.3 is 44.0 Å². The van der Waals surface area contributed by atoms with E-state index in [-0.39, 0.29) is 25.3 Å². The fourth-order valence-electron chi connectivity index (χ4n) is 2.85. The molecule has 34 heavy (non-hydrogen) atoms. The number of guanidine groups is 1. The number of nitrogens with two attached hydrogens (primary N) is 4. The number of carbonyl (C=O) groups is 4. The Morgan fingerprint density at radius 2 is 1.53 bits per heavy atom. The molecule has 0 aliphatic carbocycles. The van der Waals surface area contributed by atoms with E-state index in [0.717, 1.165) is 0 Å². The van der Waals surface area contributed by atoms with E-state index in [1.54, 1.807) is 11.8 Å². The summed E-state index contributed by atoms with van der Waals surface area (Å²) in [6.07, 6.45) is 4.31. The van der Waals surface area contributed by atoms with Crippen LogP contribution in [0.1, 0.15) is 45.4 Å². The second-order valence-electron chi connectivity index (χ2n) is 7.81. The number of amides is 3. The molecule has 12 N–H and O–H groups in total. The van der Waals surface area contributed by atoms with E-state index in [1.807, 2.05) is 6.26 Å². The first-order chi connectivity index (χ1) is 16.0. The van der Waals surface area contributed by atoms with E-state index in [2.05, 4.69) is 20.9 Å². The van der Waals surface area contributed by atoms with Crippen LogP contribution in [0.2, 0.25) is 0 Å². The molecular formula is C20H40N8O5S. The quantitative estimate of drug-likeness (QED) is 0.0569. The van der Waals surface area contributed by atoms with Crippen molar-refractivity contribution in [3.63, 3.8) is 0 Å². The van der Waals surface area contributed by atoms with Crippen LogP contribution in [-0.4, -0.2) is 84.0 Å². The molecule has 0 aromatic carbocycles. The van der Waals surface area contributed by atoms with E-state index >= 15 is 0 Å². The van der Waals surface area contributed by atoms with Gasteiger partial charge in [0.15, 0.2) is 5.96 Å². The van der Waals surface area contributed by atoms with Crippen LogP contribution >= 0.6 is 11.8 Å². The van der Waals surface area contributed by atoms with Crippen LogP contribution in [0.15, 0.2) is 4.99 Å². The molecule has 0 aliphatic rings. The Balaban J connectivity index is 5.11. The second kappa shape index (κ2) is 17.8. The first kappa shape index (κ1) is 31.4. The summed E-state index contributed by atoms with van der Waals surface area (Å²) in [6.45, 7) is 2.10. The number of carbonyl (C=O) groups excluding carboxylic acids is 3. The first-order valence-corrected chi connectivity index (χ1v) is 12.6. The van der Waals surface area contributed by atoms with Gasteiger partial charge in [0.25, 0.3) is 0 Å². The highest BCUT2D eigenvalue weighted by molar-refractivity contribution is 7.98. The molecule has 13 nitrogen and oxygen atoms in total. The maximum absolute atomic E-state index is 12.8. The van der Waals surface area contributed by atoms with Crippen molar-refractivity contribution in [2.45, 2.75) is 69.6 Å². The van der Waals surface area contributed by atoms with Gasteiger partial charge in [-0.25, -0.2) is 4.79 Å². The van der Waals surface area contributed by atoms with Gasteiger partial charge in [0, 0.05) is 6.54 Å². The number of rotatable bonds is 18. The molecule has 0 heterocycles. The summed E-state index contributed by atoms with van der Waals surface area (Å²) < 4.78 is 0. The number of unbranched alkanes of at least 4 members (excludes halogenated alkanes) is 1. The van der Waals surface area contributed by atoms with Crippen LogP contribution in [0.4, 0.5) is 0 Å². The van der Waals surface area contributed by atoms with Crippen molar-refractivity contribution >= 4 is 41.4 Å². The molecule has 3 amide bonds. The van der Waals surface area contributed by atoms with E-state index in [9.17, 15) is 24.3 Å². The third-order valence-electron chi connectivity index (χ3n) is 4.86. The molecule has 0 radical (unpaired) electrons. The number of hydrogen-bond acceptors (Lipinski definition) is 8. The average Bonchev–Trinajstić information content (AvgIpc) is 2.77. The van der Waals surface area contributed by atoms with Crippen LogP contribution in [0, 0.1) is 0 Å². The number of aliphatic carboxylic acids is 1. The third-order valence-corrected chi connectivity index (χ3v) is 5.51. The van der Waals surface area contributed by atoms with Gasteiger partial charge in [-0.3, -0.25) is 19.4 Å². The summed E-state index contributed by atoms with van der Waals surface area (Å²) in [5, 5.41) is 16.9. The third kappa shape index (κ3) is 13.9. The topological polar surface area (TPSA) is 241 Å². The summed E-state index contributed by atoms with van der Waals surface area (Å²) in [4.78, 5) is 53.0. The number of nitrogens with zero attached hydrogens (tertiary/aromatic N) is 1. The van der Waals surface area contributed by atoms with E-state index < -0.39 is 47.9 Å². The van der Waals surface area contributed by atoms with E-state index in [0.29, 0.717) is 38.0 Å². The molecule has 0 fully saturated rings. The van der Waals surface area contributed by atoms with Crippen molar-refractivity contribution in [2.24, 2.45) is 27.9 Å². The molecule has 0 aliphatic heterocycles. The Hall–Kier alpha value is -2.58. The van der Waals surface area contributed by atoms with E-state index in [4.69, 9.17) is 22.9 Å². The van der Waals surface area contributed by atoms with Gasteiger partial charge in [-0.05, 0) is 64.0 Å². The Kier molecular flexibility index (Phi) is 16.5. The highest BCUT2D eigenvalue weighted by Crippen LogP contribution is 2.04. The van der Waals surface area contributed by atoms with Crippen LogP contribution in [0.25, 0.3) is 0 Å². The summed E-state index contributed by atoms with van der Waals surface area (Å²) in [5.74, 6) is -2.33. The molecule has 4 atom stereocenters. The molecule has 0 bridgehead atoms. The smallest absolute Gasteiger partial charge is 0.326 e. The zero-order chi connectivity index (χ0) is 26.1. The highest BCUT2D eigenvalue weighted by atomic mass is 32.2. The van der Waals surface area contributed by atoms with Gasteiger partial charge in [-0.2, -0.15) is 11.8 Å². The normalized spacial score (nSPS) is 14.2. The Morgan fingerprint density at radius 3 is 2.09 bits per heavy atom. The minimum Gasteiger partial charge on any atom is -0.480 e. The highest BCUT2D eigenvalue weighted by Gasteiger charge is 2.28. The van der Waals surface area contributed by atoms with Gasteiger partial charge >= 0.3 is 5.97 Å². The van der Waals surface area contributed by atoms with Crippen LogP contribution in [-0.2, 0) is 19.2 Å². The number of aliphatic imine (C=N–C) groups is 1. The zero-order valence-corrected chi connectivity index (χ0v) is 20.7. The molecule has 0 rings (SSSR count). The fraction of sp³-hybridized carbons (Fsp3) is 0.750. The summed E-state index contributed by atoms with van der Waals surface area (Å²) in [7, 11) is 0. The summed E-state index contributed by atoms with van der Waals surface area (Å²) >= 11 is 1.55. The Morgan fingerprint density at radius 1 is 0.912 bits per heavy atom. The minimum atomic E-state index is -1.17. The predicted octanol–water partition coefficient (Wildman–Crippen LogP) is -2.19. The number of carboxylic acid groups (broad SMARTS) is 1. The molecular weight excluding hydrogens is 464 g/mol. The molecule has 0 spiro atoms. The van der Waals surface area contributed by atoms with Crippen molar-refractivity contribution in [3.05, 3.63) is 0 Å². The van der Waals surface area contributed by atoms with Crippen molar-refractivity contribution in [3.8, 4) is 0 Å². The van der Waals surface area contributed by atoms with Gasteiger partial charge in [-0.1, -0.05) is 0 Å². The van der Waals surface area contributed by atoms with Gasteiger partial charge in [0.1, 0.15) is 18.1 Å². The van der Waals surface area contributed by atoms with Crippen molar-refractivity contribution < 1.29 is 24.3 Å². The first-order valence-electron chi connectivity index (χ1n) is 11.2. The second-order valence-corrected chi connectivity index (χ2v) is 8.80. The lowest BCUT2D eigenvalue weighted by Gasteiger charge is -2.23. The number of thioether (sulfide) groups is 1. The average molecular weight is 505 g/mol. The van der Waals surface area contributed by atoms with Crippen molar-refractivity contribution in [1.82, 2.24) is 16.0 Å². The SMILES string of the molecule is CSCCC(N)C(=O)NC(CCCN=C(N)N)C(=O)NC(C)C(=O)NC(CCCCN)C(=O)O. The molecule has 14 heteroatoms. The Bertz CT molecular complexity index is 690. The molecule has 0 saturated heterocycles. The molecule has 0 saturated carbocycles. The lowest BCUT2D eigenvalue weighted by molar-refractivity contribution is -0.142. The van der Waals surface area contributed by atoms with Crippen LogP contribution in [0.5, 0.6) is 0 Å². The molecule has 0 aromatic heterocycles. The molecule has 4 unspecified atom stereocenters. The van der Waals surface area contributed by atoms with Crippen molar-refractivity contribution in [2.75, 3.05) is 25.1 Å². The number of nitrogens with one attached hydrogen (secondary N) is 3. The van der Waals surface area contributed by atoms with Gasteiger partial charge in [0.05, 0.1) is 6.04 Å². The lowest BCUT2D eigenvalue weighted by atomic mass is 10.1. The monoisotopic (exact) mass is 504 g/mol. The predicted molar refractivity (Wildman–Crippen MR) is 133 cm³/mol. The van der Waals surface area contributed by atoms with Gasteiger partial charge in [-0.15, -0.1) is 0 Å². The summed E-state index contributed by atoms with van der Waals surface area (Å²) in [6, 6.07) is -3.89. The van der Waals surface area contributed by atoms with Gasteiger partial charge in [0.2, 0.25) is 17.7 Å². The zero-order valence-electron chi connectivity index (χ0n) is 19.9. The lowest BCUT2D eigenvalue weighted by Crippen LogP contribution is -2.56. The molecule has 0 aromatic rings. The number of hydrogen-bond donors (Lipinski definition) is 8. The Labute approximate surface area is 204 Å². The summed E-state index contributed by atoms with van der Waals surface area (Å²) in [5.41, 5.74) is 21.9.